The molecule has 0 bridgehead atoms. The molecule has 2 aromatic carbocycles. The molecule has 0 saturated carbocycles. The first-order chi connectivity index (χ1) is 10.8. The summed E-state index contributed by atoms with van der Waals surface area (Å²) in [4.78, 5) is 22.8. The zero-order valence-corrected chi connectivity index (χ0v) is 13.0. The molecule has 2 N–H and O–H groups in total. The van der Waals surface area contributed by atoms with Gasteiger partial charge in [0.05, 0.1) is 0 Å². The minimum Gasteiger partial charge on any atom is -0.322 e. The van der Waals surface area contributed by atoms with Crippen molar-refractivity contribution in [1.82, 2.24) is 0 Å². The van der Waals surface area contributed by atoms with Crippen molar-refractivity contribution in [2.75, 3.05) is 10.6 Å². The van der Waals surface area contributed by atoms with Crippen LogP contribution in [0.1, 0.15) is 10.4 Å². The van der Waals surface area contributed by atoms with Gasteiger partial charge < -0.3 is 10.6 Å². The van der Waals surface area contributed by atoms with Crippen LogP contribution in [0.5, 0.6) is 0 Å². The van der Waals surface area contributed by atoms with Crippen molar-refractivity contribution in [3.05, 3.63) is 58.6 Å². The first kappa shape index (κ1) is 17.0. The van der Waals surface area contributed by atoms with Crippen LogP contribution in [0.3, 0.4) is 0 Å². The lowest BCUT2D eigenvalue weighted by atomic mass is 10.2. The molecule has 0 heterocycles. The van der Waals surface area contributed by atoms with Crippen LogP contribution in [0, 0.1) is 0 Å². The molecule has 0 aliphatic carbocycles. The summed E-state index contributed by atoms with van der Waals surface area (Å²) in [7, 11) is 0. The smallest absolute Gasteiger partial charge is 0.322 e. The number of carbonyl (C=O) groups excluding carboxylic acids is 2. The topological polar surface area (TPSA) is 58.2 Å². The van der Waals surface area contributed by atoms with Gasteiger partial charge in [0.25, 0.3) is 5.91 Å². The first-order valence-electron chi connectivity index (χ1n) is 6.31. The van der Waals surface area contributed by atoms with Crippen molar-refractivity contribution in [1.29, 1.82) is 0 Å². The molecule has 0 saturated heterocycles. The average molecular weight is 387 g/mol. The quantitative estimate of drug-likeness (QED) is 0.830. The largest absolute Gasteiger partial charge is 0.471 e. The maximum Gasteiger partial charge on any atom is 0.471 e. The van der Waals surface area contributed by atoms with Crippen LogP contribution in [0.4, 0.5) is 24.5 Å². The third-order valence-electron chi connectivity index (χ3n) is 2.74. The lowest BCUT2D eigenvalue weighted by Crippen LogP contribution is -2.29. The molecule has 0 spiro atoms. The van der Waals surface area contributed by atoms with Crippen molar-refractivity contribution in [3.8, 4) is 0 Å². The predicted octanol–water partition coefficient (Wildman–Crippen LogP) is 4.20. The van der Waals surface area contributed by atoms with E-state index in [1.807, 2.05) is 0 Å². The molecule has 0 fully saturated rings. The van der Waals surface area contributed by atoms with E-state index in [9.17, 15) is 22.8 Å². The normalized spacial score (nSPS) is 11.0. The van der Waals surface area contributed by atoms with Crippen LogP contribution in [0.15, 0.2) is 53.0 Å². The Morgan fingerprint density at radius 3 is 2.00 bits per heavy atom. The fourth-order valence-electron chi connectivity index (χ4n) is 1.67. The lowest BCUT2D eigenvalue weighted by Gasteiger charge is -2.09. The van der Waals surface area contributed by atoms with Gasteiger partial charge in [-0.2, -0.15) is 13.2 Å². The Hall–Kier alpha value is -2.35. The number of alkyl halides is 3. The van der Waals surface area contributed by atoms with Crippen molar-refractivity contribution in [2.45, 2.75) is 6.18 Å². The van der Waals surface area contributed by atoms with Crippen LogP contribution in [-0.4, -0.2) is 18.0 Å². The summed E-state index contributed by atoms with van der Waals surface area (Å²) in [6.07, 6.45) is -4.95. The number of hydrogen-bond donors (Lipinski definition) is 2. The van der Waals surface area contributed by atoms with E-state index in [0.29, 0.717) is 11.3 Å². The SMILES string of the molecule is O=C(Nc1ccc(NC(=O)C(F)(F)F)cc1)c1cccc(Br)c1. The molecule has 8 heteroatoms. The van der Waals surface area contributed by atoms with Gasteiger partial charge in [-0.05, 0) is 42.5 Å². The highest BCUT2D eigenvalue weighted by molar-refractivity contribution is 9.10. The van der Waals surface area contributed by atoms with Gasteiger partial charge in [0.1, 0.15) is 0 Å². The van der Waals surface area contributed by atoms with Gasteiger partial charge in [0.15, 0.2) is 0 Å². The van der Waals surface area contributed by atoms with Crippen molar-refractivity contribution >= 4 is 39.1 Å². The van der Waals surface area contributed by atoms with Gasteiger partial charge in [-0.1, -0.05) is 22.0 Å². The third-order valence-corrected chi connectivity index (χ3v) is 3.24. The molecule has 0 aromatic heterocycles. The molecular weight excluding hydrogens is 377 g/mol. The summed E-state index contributed by atoms with van der Waals surface area (Å²) in [5.41, 5.74) is 0.793. The van der Waals surface area contributed by atoms with Crippen LogP contribution >= 0.6 is 15.9 Å². The number of benzene rings is 2. The van der Waals surface area contributed by atoms with E-state index in [1.165, 1.54) is 24.3 Å². The highest BCUT2D eigenvalue weighted by atomic mass is 79.9. The molecule has 23 heavy (non-hydrogen) atoms. The number of rotatable bonds is 3. The van der Waals surface area contributed by atoms with Gasteiger partial charge in [0, 0.05) is 21.4 Å². The van der Waals surface area contributed by atoms with E-state index in [1.54, 1.807) is 29.6 Å². The van der Waals surface area contributed by atoms with E-state index in [0.717, 1.165) is 4.47 Å². The molecular formula is C15H10BrF3N2O2. The molecule has 2 aromatic rings. The maximum atomic E-state index is 12.1. The van der Waals surface area contributed by atoms with Crippen LogP contribution < -0.4 is 10.6 Å². The molecule has 0 radical (unpaired) electrons. The zero-order valence-electron chi connectivity index (χ0n) is 11.4. The summed E-state index contributed by atoms with van der Waals surface area (Å²) in [6.45, 7) is 0. The van der Waals surface area contributed by atoms with Gasteiger partial charge in [-0.25, -0.2) is 0 Å². The summed E-state index contributed by atoms with van der Waals surface area (Å²) in [5, 5.41) is 4.32. The summed E-state index contributed by atoms with van der Waals surface area (Å²) < 4.78 is 37.1. The van der Waals surface area contributed by atoms with E-state index >= 15 is 0 Å². The van der Waals surface area contributed by atoms with E-state index < -0.39 is 12.1 Å². The number of amides is 2. The summed E-state index contributed by atoms with van der Waals surface area (Å²) >= 11 is 3.25. The van der Waals surface area contributed by atoms with Crippen molar-refractivity contribution < 1.29 is 22.8 Å². The maximum absolute atomic E-state index is 12.1. The average Bonchev–Trinajstić information content (AvgIpc) is 2.48. The number of carbonyl (C=O) groups is 2. The Morgan fingerprint density at radius 2 is 1.48 bits per heavy atom. The van der Waals surface area contributed by atoms with Crippen LogP contribution in [0.25, 0.3) is 0 Å². The van der Waals surface area contributed by atoms with Gasteiger partial charge in [-0.15, -0.1) is 0 Å². The van der Waals surface area contributed by atoms with E-state index in [2.05, 4.69) is 21.2 Å². The number of anilines is 2. The van der Waals surface area contributed by atoms with Crippen LogP contribution in [-0.2, 0) is 4.79 Å². The molecule has 0 aliphatic heterocycles. The van der Waals surface area contributed by atoms with Crippen molar-refractivity contribution in [3.63, 3.8) is 0 Å². The molecule has 120 valence electrons. The second-order valence-electron chi connectivity index (χ2n) is 4.49. The Bertz CT molecular complexity index is 730. The number of nitrogens with one attached hydrogen (secondary N) is 2. The standard InChI is InChI=1S/C15H10BrF3N2O2/c16-10-3-1-2-9(8-10)13(22)20-11-4-6-12(7-5-11)21-14(23)15(17,18)19/h1-8H,(H,20,22)(H,21,23). The lowest BCUT2D eigenvalue weighted by molar-refractivity contribution is -0.167. The van der Waals surface area contributed by atoms with E-state index in [-0.39, 0.29) is 11.6 Å². The monoisotopic (exact) mass is 386 g/mol. The molecule has 0 aliphatic rings. The Balaban J connectivity index is 2.03. The third kappa shape index (κ3) is 4.82. The highest BCUT2D eigenvalue weighted by Gasteiger charge is 2.38. The van der Waals surface area contributed by atoms with Gasteiger partial charge >= 0.3 is 12.1 Å². The Labute approximate surface area is 137 Å². The molecule has 0 unspecified atom stereocenters. The first-order valence-corrected chi connectivity index (χ1v) is 7.10. The Kier molecular flexibility index (Phi) is 5.05. The molecule has 4 nitrogen and oxygen atoms in total. The summed E-state index contributed by atoms with van der Waals surface area (Å²) in [6, 6.07) is 12.0. The minimum absolute atomic E-state index is 0.0206. The van der Waals surface area contributed by atoms with Crippen LogP contribution in [0.2, 0.25) is 0 Å². The zero-order chi connectivity index (χ0) is 17.0. The highest BCUT2D eigenvalue weighted by Crippen LogP contribution is 2.20. The molecule has 2 amide bonds. The molecule has 0 atom stereocenters. The van der Waals surface area contributed by atoms with E-state index in [4.69, 9.17) is 0 Å². The fourth-order valence-corrected chi connectivity index (χ4v) is 2.07. The summed E-state index contributed by atoms with van der Waals surface area (Å²) in [5.74, 6) is -2.42. The Morgan fingerprint density at radius 1 is 0.913 bits per heavy atom. The second-order valence-corrected chi connectivity index (χ2v) is 5.41. The number of halogens is 4. The molecule has 2 rings (SSSR count). The van der Waals surface area contributed by atoms with Crippen molar-refractivity contribution in [2.24, 2.45) is 0 Å². The fraction of sp³-hybridized carbons (Fsp3) is 0.0667. The number of hydrogen-bond acceptors (Lipinski definition) is 2. The van der Waals surface area contributed by atoms with Gasteiger partial charge in [0.2, 0.25) is 0 Å². The predicted molar refractivity (Wildman–Crippen MR) is 83.2 cm³/mol. The van der Waals surface area contributed by atoms with Gasteiger partial charge in [-0.3, -0.25) is 9.59 Å². The minimum atomic E-state index is -4.95. The second kappa shape index (κ2) is 6.82.